The fourth-order valence-corrected chi connectivity index (χ4v) is 4.24. The van der Waals surface area contributed by atoms with Crippen LogP contribution in [0.3, 0.4) is 0 Å². The first-order valence-corrected chi connectivity index (χ1v) is 9.88. The van der Waals surface area contributed by atoms with Crippen LogP contribution in [0.4, 0.5) is 0 Å². The monoisotopic (exact) mass is 371 g/mol. The van der Waals surface area contributed by atoms with Crippen LogP contribution in [0.5, 0.6) is 0 Å². The normalized spacial score (nSPS) is 17.4. The van der Waals surface area contributed by atoms with Gasteiger partial charge in [-0.2, -0.15) is 0 Å². The third-order valence-corrected chi connectivity index (χ3v) is 5.70. The molecular formula is C19H21N3O3S. The number of benzene rings is 2. The molecule has 1 amide bonds. The van der Waals surface area contributed by atoms with Gasteiger partial charge in [0.2, 0.25) is 5.91 Å². The van der Waals surface area contributed by atoms with E-state index in [0.717, 1.165) is 11.1 Å². The number of nitrogens with one attached hydrogen (secondary N) is 2. The summed E-state index contributed by atoms with van der Waals surface area (Å²) in [5.74, 6) is 0.166. The topological polar surface area (TPSA) is 87.6 Å². The van der Waals surface area contributed by atoms with Crippen LogP contribution in [0.2, 0.25) is 0 Å². The second-order valence-electron chi connectivity index (χ2n) is 6.23. The van der Waals surface area contributed by atoms with E-state index in [1.165, 1.54) is 6.07 Å². The average Bonchev–Trinajstić information content (AvgIpc) is 2.86. The van der Waals surface area contributed by atoms with Gasteiger partial charge in [0, 0.05) is 12.0 Å². The van der Waals surface area contributed by atoms with Crippen LogP contribution in [-0.4, -0.2) is 26.7 Å². The van der Waals surface area contributed by atoms with Gasteiger partial charge in [-0.1, -0.05) is 36.4 Å². The Morgan fingerprint density at radius 3 is 2.62 bits per heavy atom. The van der Waals surface area contributed by atoms with Gasteiger partial charge in [0.25, 0.3) is 10.0 Å². The molecule has 0 saturated heterocycles. The van der Waals surface area contributed by atoms with Crippen LogP contribution in [0.25, 0.3) is 0 Å². The number of carbonyl (C=O) groups excluding carboxylic acids is 1. The number of amides is 1. The number of hydrogen-bond donors (Lipinski definition) is 2. The fraction of sp³-hybridized carbons (Fsp3) is 0.263. The molecule has 0 aliphatic carbocycles. The third-order valence-electron chi connectivity index (χ3n) is 4.30. The van der Waals surface area contributed by atoms with Crippen LogP contribution < -0.4 is 10.0 Å². The lowest BCUT2D eigenvalue weighted by molar-refractivity contribution is -0.121. The highest BCUT2D eigenvalue weighted by Crippen LogP contribution is 2.22. The van der Waals surface area contributed by atoms with E-state index < -0.39 is 10.0 Å². The van der Waals surface area contributed by atoms with Crippen molar-refractivity contribution in [1.29, 1.82) is 0 Å². The lowest BCUT2D eigenvalue weighted by atomic mass is 10.0. The number of rotatable bonds is 5. The standard InChI is InChI=1S/C19H21N3O3S/c1-13-7-3-4-8-15(13)14(2)21-18(23)11-12-20-19-16-9-5-6-10-17(16)26(24,25)22-19/h3-10,14H,11-12H2,1-2H3,(H,20,22)(H,21,23). The van der Waals surface area contributed by atoms with Crippen LogP contribution in [-0.2, 0) is 14.8 Å². The van der Waals surface area contributed by atoms with Crippen LogP contribution >= 0.6 is 0 Å². The van der Waals surface area contributed by atoms with Crippen molar-refractivity contribution < 1.29 is 13.2 Å². The molecule has 136 valence electrons. The number of nitrogens with zero attached hydrogens (tertiary/aromatic N) is 1. The zero-order valence-corrected chi connectivity index (χ0v) is 15.5. The second-order valence-corrected chi connectivity index (χ2v) is 7.88. The van der Waals surface area contributed by atoms with Crippen molar-refractivity contribution in [1.82, 2.24) is 10.0 Å². The number of carbonyl (C=O) groups is 1. The molecule has 6 nitrogen and oxygen atoms in total. The van der Waals surface area contributed by atoms with E-state index in [2.05, 4.69) is 15.0 Å². The maximum atomic E-state index is 12.2. The Hall–Kier alpha value is -2.67. The van der Waals surface area contributed by atoms with E-state index in [4.69, 9.17) is 0 Å². The van der Waals surface area contributed by atoms with Gasteiger partial charge >= 0.3 is 0 Å². The minimum Gasteiger partial charge on any atom is -0.350 e. The summed E-state index contributed by atoms with van der Waals surface area (Å²) < 4.78 is 26.5. The predicted molar refractivity (Wildman–Crippen MR) is 101 cm³/mol. The molecule has 0 radical (unpaired) electrons. The van der Waals surface area contributed by atoms with Gasteiger partial charge in [-0.05, 0) is 37.1 Å². The molecule has 0 bridgehead atoms. The Labute approximate surface area is 153 Å². The highest BCUT2D eigenvalue weighted by molar-refractivity contribution is 7.90. The van der Waals surface area contributed by atoms with Gasteiger partial charge < -0.3 is 5.32 Å². The Balaban J connectivity index is 1.61. The Morgan fingerprint density at radius 1 is 1.15 bits per heavy atom. The SMILES string of the molecule is Cc1ccccc1C(C)NC(=O)CCN=C1NS(=O)(=O)c2ccccc21. The largest absolute Gasteiger partial charge is 0.350 e. The summed E-state index contributed by atoms with van der Waals surface area (Å²) in [6.45, 7) is 4.15. The maximum Gasteiger partial charge on any atom is 0.263 e. The quantitative estimate of drug-likeness (QED) is 0.845. The zero-order valence-electron chi connectivity index (χ0n) is 14.7. The van der Waals surface area contributed by atoms with E-state index in [1.807, 2.05) is 38.1 Å². The van der Waals surface area contributed by atoms with Gasteiger partial charge in [-0.25, -0.2) is 8.42 Å². The zero-order chi connectivity index (χ0) is 18.7. The number of hydrogen-bond acceptors (Lipinski definition) is 4. The van der Waals surface area contributed by atoms with E-state index in [9.17, 15) is 13.2 Å². The average molecular weight is 371 g/mol. The molecule has 1 atom stereocenters. The minimum atomic E-state index is -3.55. The lowest BCUT2D eigenvalue weighted by Crippen LogP contribution is -2.28. The first-order chi connectivity index (χ1) is 12.4. The summed E-state index contributed by atoms with van der Waals surface area (Å²) in [5, 5.41) is 2.95. The van der Waals surface area contributed by atoms with Gasteiger partial charge in [-0.15, -0.1) is 0 Å². The van der Waals surface area contributed by atoms with Crippen molar-refractivity contribution in [3.63, 3.8) is 0 Å². The number of sulfonamides is 1. The molecule has 7 heteroatoms. The molecule has 1 aliphatic rings. The van der Waals surface area contributed by atoms with E-state index in [1.54, 1.807) is 18.2 Å². The van der Waals surface area contributed by atoms with Crippen LogP contribution in [0.1, 0.15) is 36.1 Å². The molecule has 2 N–H and O–H groups in total. The van der Waals surface area contributed by atoms with Gasteiger partial charge in [0.05, 0.1) is 17.5 Å². The van der Waals surface area contributed by atoms with Crippen LogP contribution in [0.15, 0.2) is 58.4 Å². The molecular weight excluding hydrogens is 350 g/mol. The van der Waals surface area contributed by atoms with Crippen molar-refractivity contribution in [2.45, 2.75) is 31.2 Å². The molecule has 2 aromatic carbocycles. The second kappa shape index (κ2) is 7.29. The highest BCUT2D eigenvalue weighted by Gasteiger charge is 2.29. The van der Waals surface area contributed by atoms with E-state index in [-0.39, 0.29) is 29.8 Å². The molecule has 0 saturated carbocycles. The third kappa shape index (κ3) is 3.77. The fourth-order valence-electron chi connectivity index (χ4n) is 2.98. The first kappa shape index (κ1) is 18.1. The summed E-state index contributed by atoms with van der Waals surface area (Å²) in [6.07, 6.45) is 0.184. The molecule has 0 spiro atoms. The lowest BCUT2D eigenvalue weighted by Gasteiger charge is -2.16. The smallest absolute Gasteiger partial charge is 0.263 e. The van der Waals surface area contributed by atoms with Gasteiger partial charge in [-0.3, -0.25) is 14.5 Å². The Kier molecular flexibility index (Phi) is 5.08. The minimum absolute atomic E-state index is 0.0953. The highest BCUT2D eigenvalue weighted by atomic mass is 32.2. The molecule has 0 fully saturated rings. The van der Waals surface area contributed by atoms with E-state index >= 15 is 0 Å². The van der Waals surface area contributed by atoms with Crippen molar-refractivity contribution in [3.05, 3.63) is 65.2 Å². The molecule has 1 heterocycles. The maximum absolute atomic E-state index is 12.2. The van der Waals surface area contributed by atoms with Crippen LogP contribution in [0, 0.1) is 6.92 Å². The van der Waals surface area contributed by atoms with E-state index in [0.29, 0.717) is 11.4 Å². The first-order valence-electron chi connectivity index (χ1n) is 8.40. The molecule has 1 aliphatic heterocycles. The molecule has 1 unspecified atom stereocenters. The predicted octanol–water partition coefficient (Wildman–Crippen LogP) is 2.30. The number of fused-ring (bicyclic) bond motifs is 1. The van der Waals surface area contributed by atoms with Crippen molar-refractivity contribution >= 4 is 21.8 Å². The number of aliphatic imine (C=N–C) groups is 1. The summed E-state index contributed by atoms with van der Waals surface area (Å²) in [5.41, 5.74) is 2.74. The summed E-state index contributed by atoms with van der Waals surface area (Å²) >= 11 is 0. The molecule has 0 aromatic heterocycles. The van der Waals surface area contributed by atoms with Gasteiger partial charge in [0.1, 0.15) is 5.84 Å². The molecule has 3 rings (SSSR count). The molecule has 26 heavy (non-hydrogen) atoms. The van der Waals surface area contributed by atoms with Gasteiger partial charge in [0.15, 0.2) is 0 Å². The summed E-state index contributed by atoms with van der Waals surface area (Å²) in [4.78, 5) is 16.6. The summed E-state index contributed by atoms with van der Waals surface area (Å²) in [6, 6.07) is 14.5. The van der Waals surface area contributed by atoms with Crippen molar-refractivity contribution in [2.75, 3.05) is 6.54 Å². The molecule has 2 aromatic rings. The number of aryl methyl sites for hydroxylation is 1. The number of amidine groups is 1. The van der Waals surface area contributed by atoms with Crippen molar-refractivity contribution in [2.24, 2.45) is 4.99 Å². The summed E-state index contributed by atoms with van der Waals surface area (Å²) in [7, 11) is -3.55. The Bertz CT molecular complexity index is 967. The Morgan fingerprint density at radius 2 is 1.85 bits per heavy atom. The van der Waals surface area contributed by atoms with Crippen molar-refractivity contribution in [3.8, 4) is 0 Å².